The highest BCUT2D eigenvalue weighted by molar-refractivity contribution is 5.84. The Kier molecular flexibility index (Phi) is 6.86. The van der Waals surface area contributed by atoms with Crippen molar-refractivity contribution in [1.82, 2.24) is 14.4 Å². The number of aromatic nitrogens is 1. The summed E-state index contributed by atoms with van der Waals surface area (Å²) in [5.41, 5.74) is 1.03. The lowest BCUT2D eigenvalue weighted by molar-refractivity contribution is -0.141. The molecule has 0 aromatic carbocycles. The van der Waals surface area contributed by atoms with Gasteiger partial charge >= 0.3 is 0 Å². The van der Waals surface area contributed by atoms with Crippen molar-refractivity contribution in [3.8, 4) is 0 Å². The SMILES string of the molecule is CCCN(CC(=O)N(Cc1ccco1)Cc1cccn1C)C(=O)CC. The van der Waals surface area contributed by atoms with Crippen LogP contribution < -0.4 is 0 Å². The Morgan fingerprint density at radius 1 is 1.08 bits per heavy atom. The van der Waals surface area contributed by atoms with E-state index in [1.165, 1.54) is 0 Å². The van der Waals surface area contributed by atoms with Gasteiger partial charge in [0.25, 0.3) is 0 Å². The molecule has 6 nitrogen and oxygen atoms in total. The van der Waals surface area contributed by atoms with Crippen LogP contribution >= 0.6 is 0 Å². The number of aryl methyl sites for hydroxylation is 1. The zero-order chi connectivity index (χ0) is 18.2. The van der Waals surface area contributed by atoms with Gasteiger partial charge in [-0.3, -0.25) is 9.59 Å². The van der Waals surface area contributed by atoms with E-state index in [4.69, 9.17) is 4.42 Å². The predicted molar refractivity (Wildman–Crippen MR) is 95.5 cm³/mol. The summed E-state index contributed by atoms with van der Waals surface area (Å²) in [5.74, 6) is 0.659. The van der Waals surface area contributed by atoms with Crippen molar-refractivity contribution in [3.63, 3.8) is 0 Å². The van der Waals surface area contributed by atoms with Crippen LogP contribution in [0.5, 0.6) is 0 Å². The lowest BCUT2D eigenvalue weighted by Crippen LogP contribution is -2.42. The number of carbonyl (C=O) groups is 2. The maximum Gasteiger partial charge on any atom is 0.242 e. The van der Waals surface area contributed by atoms with Gasteiger partial charge in [-0.25, -0.2) is 0 Å². The third-order valence-corrected chi connectivity index (χ3v) is 4.16. The molecule has 0 radical (unpaired) electrons. The highest BCUT2D eigenvalue weighted by Crippen LogP contribution is 2.12. The molecule has 0 atom stereocenters. The number of hydrogen-bond donors (Lipinski definition) is 0. The zero-order valence-corrected chi connectivity index (χ0v) is 15.3. The molecule has 136 valence electrons. The van der Waals surface area contributed by atoms with Crippen molar-refractivity contribution in [2.75, 3.05) is 13.1 Å². The number of amides is 2. The van der Waals surface area contributed by atoms with Gasteiger partial charge in [-0.1, -0.05) is 13.8 Å². The summed E-state index contributed by atoms with van der Waals surface area (Å²) in [6.45, 7) is 5.38. The second kappa shape index (κ2) is 9.11. The molecule has 2 aromatic heterocycles. The first-order valence-corrected chi connectivity index (χ1v) is 8.73. The summed E-state index contributed by atoms with van der Waals surface area (Å²) in [4.78, 5) is 28.4. The van der Waals surface area contributed by atoms with Gasteiger partial charge in [-0.05, 0) is 30.7 Å². The van der Waals surface area contributed by atoms with E-state index in [9.17, 15) is 9.59 Å². The summed E-state index contributed by atoms with van der Waals surface area (Å²) in [6.07, 6.45) is 4.79. The van der Waals surface area contributed by atoms with E-state index >= 15 is 0 Å². The normalized spacial score (nSPS) is 10.7. The molecular formula is C19H27N3O3. The number of furan rings is 1. The number of carbonyl (C=O) groups excluding carboxylic acids is 2. The van der Waals surface area contributed by atoms with Crippen LogP contribution in [-0.4, -0.2) is 39.3 Å². The minimum atomic E-state index is -0.0761. The molecule has 25 heavy (non-hydrogen) atoms. The molecule has 0 aliphatic carbocycles. The smallest absolute Gasteiger partial charge is 0.242 e. The van der Waals surface area contributed by atoms with Gasteiger partial charge in [0.05, 0.1) is 25.9 Å². The molecule has 0 spiro atoms. The zero-order valence-electron chi connectivity index (χ0n) is 15.3. The van der Waals surface area contributed by atoms with E-state index in [1.807, 2.05) is 55.9 Å². The standard InChI is InChI=1S/C19H27N3O3/c1-4-10-21(18(23)5-2)15-19(24)22(14-17-9-7-12-25-17)13-16-8-6-11-20(16)3/h6-9,11-12H,4-5,10,13-15H2,1-3H3. The van der Waals surface area contributed by atoms with Gasteiger partial charge in [0, 0.05) is 31.9 Å². The fraction of sp³-hybridized carbons (Fsp3) is 0.474. The highest BCUT2D eigenvalue weighted by Gasteiger charge is 2.21. The van der Waals surface area contributed by atoms with Crippen molar-refractivity contribution < 1.29 is 14.0 Å². The van der Waals surface area contributed by atoms with Crippen LogP contribution in [0.2, 0.25) is 0 Å². The lowest BCUT2D eigenvalue weighted by Gasteiger charge is -2.27. The molecule has 0 N–H and O–H groups in total. The molecule has 0 fully saturated rings. The van der Waals surface area contributed by atoms with Gasteiger partial charge in [-0.2, -0.15) is 0 Å². The van der Waals surface area contributed by atoms with E-state index in [0.717, 1.165) is 17.9 Å². The van der Waals surface area contributed by atoms with Gasteiger partial charge < -0.3 is 18.8 Å². The Balaban J connectivity index is 2.13. The van der Waals surface area contributed by atoms with Crippen molar-refractivity contribution in [2.24, 2.45) is 7.05 Å². The van der Waals surface area contributed by atoms with E-state index in [0.29, 0.717) is 26.1 Å². The summed E-state index contributed by atoms with van der Waals surface area (Å²) in [7, 11) is 1.95. The quantitative estimate of drug-likeness (QED) is 0.702. The van der Waals surface area contributed by atoms with Crippen LogP contribution in [0.15, 0.2) is 41.1 Å². The lowest BCUT2D eigenvalue weighted by atomic mass is 10.3. The minimum absolute atomic E-state index is 0.00650. The topological polar surface area (TPSA) is 58.7 Å². The van der Waals surface area contributed by atoms with E-state index in [2.05, 4.69) is 0 Å². The van der Waals surface area contributed by atoms with Gasteiger partial charge in [0.15, 0.2) is 0 Å². The van der Waals surface area contributed by atoms with Crippen LogP contribution in [0.1, 0.15) is 38.1 Å². The Morgan fingerprint density at radius 2 is 1.88 bits per heavy atom. The largest absolute Gasteiger partial charge is 0.467 e. The molecule has 0 saturated carbocycles. The molecule has 0 aliphatic heterocycles. The molecule has 0 bridgehead atoms. The molecule has 2 aromatic rings. The average Bonchev–Trinajstić information content (AvgIpc) is 3.25. The summed E-state index contributed by atoms with van der Waals surface area (Å²) < 4.78 is 7.39. The number of hydrogen-bond acceptors (Lipinski definition) is 3. The first-order valence-electron chi connectivity index (χ1n) is 8.73. The van der Waals surface area contributed by atoms with Crippen molar-refractivity contribution in [1.29, 1.82) is 0 Å². The first kappa shape index (κ1) is 18.8. The Hall–Kier alpha value is -2.50. The highest BCUT2D eigenvalue weighted by atomic mass is 16.3. The molecular weight excluding hydrogens is 318 g/mol. The fourth-order valence-electron chi connectivity index (χ4n) is 2.73. The maximum absolute atomic E-state index is 12.9. The van der Waals surface area contributed by atoms with Gasteiger partial charge in [-0.15, -0.1) is 0 Å². The third kappa shape index (κ3) is 5.24. The van der Waals surface area contributed by atoms with Gasteiger partial charge in [0.1, 0.15) is 5.76 Å². The minimum Gasteiger partial charge on any atom is -0.467 e. The van der Waals surface area contributed by atoms with Crippen LogP contribution in [0.25, 0.3) is 0 Å². The van der Waals surface area contributed by atoms with Crippen LogP contribution in [0, 0.1) is 0 Å². The molecule has 0 saturated heterocycles. The molecule has 0 aliphatic rings. The van der Waals surface area contributed by atoms with Gasteiger partial charge in [0.2, 0.25) is 11.8 Å². The Morgan fingerprint density at radius 3 is 2.44 bits per heavy atom. The van der Waals surface area contributed by atoms with E-state index in [-0.39, 0.29) is 18.4 Å². The molecule has 2 amide bonds. The fourth-order valence-corrected chi connectivity index (χ4v) is 2.73. The Bertz CT molecular complexity index is 676. The van der Waals surface area contributed by atoms with Crippen molar-refractivity contribution >= 4 is 11.8 Å². The second-order valence-corrected chi connectivity index (χ2v) is 6.11. The number of nitrogens with zero attached hydrogens (tertiary/aromatic N) is 3. The number of rotatable bonds is 9. The molecule has 2 heterocycles. The summed E-state index contributed by atoms with van der Waals surface area (Å²) >= 11 is 0. The van der Waals surface area contributed by atoms with Crippen molar-refractivity contribution in [3.05, 3.63) is 48.2 Å². The predicted octanol–water partition coefficient (Wildman–Crippen LogP) is 2.80. The summed E-state index contributed by atoms with van der Waals surface area (Å²) in [6, 6.07) is 7.61. The maximum atomic E-state index is 12.9. The van der Waals surface area contributed by atoms with E-state index < -0.39 is 0 Å². The van der Waals surface area contributed by atoms with Crippen LogP contribution in [-0.2, 0) is 29.7 Å². The monoisotopic (exact) mass is 345 g/mol. The summed E-state index contributed by atoms with van der Waals surface area (Å²) in [5, 5.41) is 0. The van der Waals surface area contributed by atoms with Crippen molar-refractivity contribution in [2.45, 2.75) is 39.8 Å². The van der Waals surface area contributed by atoms with Crippen LogP contribution in [0.3, 0.4) is 0 Å². The first-order chi connectivity index (χ1) is 12.0. The molecule has 0 unspecified atom stereocenters. The van der Waals surface area contributed by atoms with Crippen LogP contribution in [0.4, 0.5) is 0 Å². The average molecular weight is 345 g/mol. The second-order valence-electron chi connectivity index (χ2n) is 6.11. The molecule has 6 heteroatoms. The third-order valence-electron chi connectivity index (χ3n) is 4.16. The van der Waals surface area contributed by atoms with E-state index in [1.54, 1.807) is 16.1 Å². The molecule has 2 rings (SSSR count). The Labute approximate surface area is 149 Å².